The summed E-state index contributed by atoms with van der Waals surface area (Å²) in [7, 11) is 0. The van der Waals surface area contributed by atoms with Crippen LogP contribution in [0.4, 0.5) is 5.82 Å². The molecule has 42 heavy (non-hydrogen) atoms. The SMILES string of the molecule is Cc1ccc2c(c1)c1c(n2C2=CC=C(c3ccc(-c4ccc(-c5cccc6ccccc56)cn4)nc3)CC2)N=CCC1. The molecular formula is C38H30N4. The summed E-state index contributed by atoms with van der Waals surface area (Å²) in [5, 5.41) is 3.82. The Balaban J connectivity index is 1.06. The van der Waals surface area contributed by atoms with E-state index in [-0.39, 0.29) is 0 Å². The van der Waals surface area contributed by atoms with Gasteiger partial charge in [0.05, 0.1) is 16.9 Å². The van der Waals surface area contributed by atoms with E-state index >= 15 is 0 Å². The van der Waals surface area contributed by atoms with Crippen molar-refractivity contribution in [2.24, 2.45) is 4.99 Å². The molecule has 4 heterocycles. The van der Waals surface area contributed by atoms with Crippen LogP contribution in [-0.2, 0) is 6.42 Å². The van der Waals surface area contributed by atoms with E-state index in [1.807, 2.05) is 12.4 Å². The van der Waals surface area contributed by atoms with Gasteiger partial charge in [-0.05, 0) is 90.4 Å². The molecule has 4 heteroatoms. The minimum Gasteiger partial charge on any atom is -0.298 e. The number of aryl methyl sites for hydroxylation is 2. The Kier molecular flexibility index (Phi) is 5.92. The fourth-order valence-corrected chi connectivity index (χ4v) is 6.46. The van der Waals surface area contributed by atoms with E-state index in [0.29, 0.717) is 0 Å². The number of aromatic nitrogens is 3. The molecule has 8 rings (SSSR count). The summed E-state index contributed by atoms with van der Waals surface area (Å²) in [5.74, 6) is 1.11. The van der Waals surface area contributed by atoms with Crippen molar-refractivity contribution >= 4 is 45.0 Å². The topological polar surface area (TPSA) is 43.1 Å². The minimum absolute atomic E-state index is 0.880. The van der Waals surface area contributed by atoms with Gasteiger partial charge in [-0.15, -0.1) is 0 Å². The van der Waals surface area contributed by atoms with Crippen LogP contribution in [-0.4, -0.2) is 20.7 Å². The molecule has 0 bridgehead atoms. The largest absolute Gasteiger partial charge is 0.298 e. The molecular weight excluding hydrogens is 512 g/mol. The maximum Gasteiger partial charge on any atom is 0.140 e. The molecule has 6 aromatic rings. The maximum atomic E-state index is 4.85. The first-order valence-electron chi connectivity index (χ1n) is 14.7. The van der Waals surface area contributed by atoms with Crippen LogP contribution in [0.25, 0.3) is 55.5 Å². The standard InChI is InChI=1S/C38H30N4/c1-25-11-20-37-34(22-25)33-10-5-21-39-38(33)42(37)30-16-12-26(13-17-30)28-14-18-35(40-23-28)36-19-15-29(24-41-36)32-9-4-7-27-6-2-3-8-31(27)32/h2-4,6-9,11-12,14-16,18-24H,5,10,13,17H2,1H3. The predicted octanol–water partition coefficient (Wildman–Crippen LogP) is 9.59. The second kappa shape index (κ2) is 10.1. The van der Waals surface area contributed by atoms with Crippen LogP contribution in [0.5, 0.6) is 0 Å². The van der Waals surface area contributed by atoms with Crippen molar-refractivity contribution in [3.05, 3.63) is 126 Å². The normalized spacial score (nSPS) is 14.6. The van der Waals surface area contributed by atoms with Gasteiger partial charge in [0.25, 0.3) is 0 Å². The lowest BCUT2D eigenvalue weighted by Crippen LogP contribution is -2.03. The Morgan fingerprint density at radius 3 is 2.29 bits per heavy atom. The third-order valence-electron chi connectivity index (χ3n) is 8.61. The van der Waals surface area contributed by atoms with Crippen molar-refractivity contribution in [3.63, 3.8) is 0 Å². The molecule has 0 unspecified atom stereocenters. The molecule has 0 fully saturated rings. The maximum absolute atomic E-state index is 4.85. The van der Waals surface area contributed by atoms with Crippen molar-refractivity contribution in [1.82, 2.24) is 14.5 Å². The van der Waals surface area contributed by atoms with Crippen molar-refractivity contribution in [2.75, 3.05) is 0 Å². The molecule has 1 aliphatic carbocycles. The number of aliphatic imine (C=N–C) groups is 1. The first-order valence-corrected chi connectivity index (χ1v) is 14.7. The third kappa shape index (κ3) is 4.19. The second-order valence-corrected chi connectivity index (χ2v) is 11.2. The molecule has 0 spiro atoms. The number of allylic oxidation sites excluding steroid dienone is 4. The second-order valence-electron chi connectivity index (χ2n) is 11.2. The van der Waals surface area contributed by atoms with Gasteiger partial charge >= 0.3 is 0 Å². The van der Waals surface area contributed by atoms with Gasteiger partial charge in [-0.25, -0.2) is 4.99 Å². The molecule has 0 saturated heterocycles. The highest BCUT2D eigenvalue weighted by Crippen LogP contribution is 2.41. The molecule has 202 valence electrons. The molecule has 3 aromatic carbocycles. The van der Waals surface area contributed by atoms with E-state index in [9.17, 15) is 0 Å². The number of hydrogen-bond acceptors (Lipinski definition) is 3. The minimum atomic E-state index is 0.880. The van der Waals surface area contributed by atoms with Crippen LogP contribution in [0.1, 0.15) is 36.0 Å². The summed E-state index contributed by atoms with van der Waals surface area (Å²) in [4.78, 5) is 14.4. The Morgan fingerprint density at radius 1 is 0.690 bits per heavy atom. The Hall–Kier alpha value is -5.09. The zero-order chi connectivity index (χ0) is 28.0. The molecule has 2 aliphatic rings. The van der Waals surface area contributed by atoms with Crippen LogP contribution in [0, 0.1) is 6.92 Å². The average molecular weight is 543 g/mol. The Bertz CT molecular complexity index is 2070. The highest BCUT2D eigenvalue weighted by molar-refractivity contribution is 5.97. The smallest absolute Gasteiger partial charge is 0.140 e. The number of pyridine rings is 2. The highest BCUT2D eigenvalue weighted by Gasteiger charge is 2.22. The molecule has 0 radical (unpaired) electrons. The van der Waals surface area contributed by atoms with Gasteiger partial charge in [0, 0.05) is 40.8 Å². The molecule has 0 atom stereocenters. The van der Waals surface area contributed by atoms with Gasteiger partial charge in [0.1, 0.15) is 5.82 Å². The molecule has 0 saturated carbocycles. The summed E-state index contributed by atoms with van der Waals surface area (Å²) in [6.45, 7) is 2.17. The van der Waals surface area contributed by atoms with Crippen LogP contribution in [0.15, 0.2) is 114 Å². The van der Waals surface area contributed by atoms with Crippen LogP contribution in [0.2, 0.25) is 0 Å². The first kappa shape index (κ1) is 24.7. The molecule has 4 nitrogen and oxygen atoms in total. The van der Waals surface area contributed by atoms with Crippen LogP contribution < -0.4 is 0 Å². The third-order valence-corrected chi connectivity index (χ3v) is 8.61. The van der Waals surface area contributed by atoms with Gasteiger partial charge in [0.2, 0.25) is 0 Å². The van der Waals surface area contributed by atoms with Gasteiger partial charge in [-0.3, -0.25) is 14.5 Å². The molecule has 0 N–H and O–H groups in total. The van der Waals surface area contributed by atoms with E-state index in [4.69, 9.17) is 15.0 Å². The molecule has 3 aromatic heterocycles. The van der Waals surface area contributed by atoms with Crippen molar-refractivity contribution in [2.45, 2.75) is 32.6 Å². The van der Waals surface area contributed by atoms with E-state index in [1.165, 1.54) is 49.6 Å². The fourth-order valence-electron chi connectivity index (χ4n) is 6.46. The number of nitrogens with zero attached hydrogens (tertiary/aromatic N) is 4. The summed E-state index contributed by atoms with van der Waals surface area (Å²) >= 11 is 0. The lowest BCUT2D eigenvalue weighted by molar-refractivity contribution is 0.950. The highest BCUT2D eigenvalue weighted by atomic mass is 15.1. The average Bonchev–Trinajstić information content (AvgIpc) is 3.38. The van der Waals surface area contributed by atoms with Gasteiger partial charge < -0.3 is 0 Å². The van der Waals surface area contributed by atoms with Gasteiger partial charge in [-0.2, -0.15) is 0 Å². The van der Waals surface area contributed by atoms with E-state index in [2.05, 4.69) is 115 Å². The number of rotatable bonds is 4. The zero-order valence-electron chi connectivity index (χ0n) is 23.6. The van der Waals surface area contributed by atoms with Crippen LogP contribution >= 0.6 is 0 Å². The monoisotopic (exact) mass is 542 g/mol. The quantitative estimate of drug-likeness (QED) is 0.223. The van der Waals surface area contributed by atoms with Crippen LogP contribution in [0.3, 0.4) is 0 Å². The first-order chi connectivity index (χ1) is 20.7. The summed E-state index contributed by atoms with van der Waals surface area (Å²) < 4.78 is 2.38. The zero-order valence-corrected chi connectivity index (χ0v) is 23.6. The van der Waals surface area contributed by atoms with Gasteiger partial charge in [0.15, 0.2) is 0 Å². The van der Waals surface area contributed by atoms with Gasteiger partial charge in [-0.1, -0.05) is 72.3 Å². The van der Waals surface area contributed by atoms with E-state index < -0.39 is 0 Å². The summed E-state index contributed by atoms with van der Waals surface area (Å²) in [5.41, 5.74) is 11.8. The Morgan fingerprint density at radius 2 is 1.50 bits per heavy atom. The number of benzene rings is 3. The van der Waals surface area contributed by atoms with E-state index in [0.717, 1.165) is 54.0 Å². The number of fused-ring (bicyclic) bond motifs is 4. The fraction of sp³-hybridized carbons (Fsp3) is 0.132. The lowest BCUT2D eigenvalue weighted by atomic mass is 9.96. The number of hydrogen-bond donors (Lipinski definition) is 0. The van der Waals surface area contributed by atoms with E-state index in [1.54, 1.807) is 0 Å². The molecule has 0 amide bonds. The lowest BCUT2D eigenvalue weighted by Gasteiger charge is -2.19. The van der Waals surface area contributed by atoms with Crippen molar-refractivity contribution in [3.8, 4) is 22.5 Å². The van der Waals surface area contributed by atoms with Crippen molar-refractivity contribution < 1.29 is 0 Å². The van der Waals surface area contributed by atoms with Crippen molar-refractivity contribution in [1.29, 1.82) is 0 Å². The molecule has 1 aliphatic heterocycles. The predicted molar refractivity (Wildman–Crippen MR) is 175 cm³/mol. The Labute approximate surface area is 245 Å². The summed E-state index contributed by atoms with van der Waals surface area (Å²) in [6, 6.07) is 30.1. The summed E-state index contributed by atoms with van der Waals surface area (Å²) in [6.07, 6.45) is 14.5.